The van der Waals surface area contributed by atoms with Crippen molar-refractivity contribution in [2.24, 2.45) is 0 Å². The number of hydrogen-bond donors (Lipinski definition) is 2. The number of H-pyrrole nitrogens is 1. The lowest BCUT2D eigenvalue weighted by molar-refractivity contribution is -0.130. The summed E-state index contributed by atoms with van der Waals surface area (Å²) >= 11 is 0. The molecule has 1 aliphatic heterocycles. The zero-order valence-electron chi connectivity index (χ0n) is 10.3. The molecule has 1 saturated heterocycles. The lowest BCUT2D eigenvalue weighted by Gasteiger charge is -2.20. The summed E-state index contributed by atoms with van der Waals surface area (Å²) in [6.07, 6.45) is 2.58. The molecule has 5 heteroatoms. The molecule has 94 valence electrons. The van der Waals surface area contributed by atoms with E-state index >= 15 is 0 Å². The van der Waals surface area contributed by atoms with E-state index in [9.17, 15) is 4.79 Å². The maximum atomic E-state index is 11.9. The lowest BCUT2D eigenvalue weighted by atomic mass is 10.1. The molecule has 2 N–H and O–H groups in total. The number of nitrogens with one attached hydrogen (secondary N) is 2. The van der Waals surface area contributed by atoms with Gasteiger partial charge < -0.3 is 10.1 Å². The zero-order valence-corrected chi connectivity index (χ0v) is 10.3. The molecule has 2 heterocycles. The maximum absolute atomic E-state index is 11.9. The topological polar surface area (TPSA) is 67.0 Å². The molecule has 1 fully saturated rings. The van der Waals surface area contributed by atoms with Crippen LogP contribution in [0.4, 0.5) is 5.82 Å². The average Bonchev–Trinajstić information content (AvgIpc) is 2.79. The minimum atomic E-state index is -0.317. The number of ether oxygens (including phenoxy) is 1. The molecule has 1 amide bonds. The summed E-state index contributed by atoms with van der Waals surface area (Å²) in [5, 5.41) is 9.75. The highest BCUT2D eigenvalue weighted by atomic mass is 16.5. The van der Waals surface area contributed by atoms with Crippen molar-refractivity contribution < 1.29 is 9.53 Å². The third-order valence-electron chi connectivity index (χ3n) is 2.94. The van der Waals surface area contributed by atoms with Gasteiger partial charge in [-0.1, -0.05) is 13.8 Å². The zero-order chi connectivity index (χ0) is 12.3. The average molecular weight is 237 g/mol. The summed E-state index contributed by atoms with van der Waals surface area (Å²) < 4.78 is 5.42. The molecule has 0 radical (unpaired) electrons. The lowest BCUT2D eigenvalue weighted by Crippen LogP contribution is -2.33. The molecule has 1 aromatic heterocycles. The fourth-order valence-corrected chi connectivity index (χ4v) is 1.85. The number of hydrogen-bond acceptors (Lipinski definition) is 3. The number of amides is 1. The Kier molecular flexibility index (Phi) is 3.78. The van der Waals surface area contributed by atoms with Crippen molar-refractivity contribution >= 4 is 11.7 Å². The highest BCUT2D eigenvalue weighted by Gasteiger charge is 2.22. The van der Waals surface area contributed by atoms with Crippen LogP contribution in [0.25, 0.3) is 0 Å². The van der Waals surface area contributed by atoms with E-state index in [1.165, 1.54) is 0 Å². The van der Waals surface area contributed by atoms with Crippen LogP contribution in [0, 0.1) is 0 Å². The Labute approximate surface area is 101 Å². The highest BCUT2D eigenvalue weighted by Crippen LogP contribution is 2.17. The van der Waals surface area contributed by atoms with Gasteiger partial charge in [-0.2, -0.15) is 5.10 Å². The van der Waals surface area contributed by atoms with Crippen LogP contribution in [0.2, 0.25) is 0 Å². The second-order valence-corrected chi connectivity index (χ2v) is 4.71. The molecule has 0 spiro atoms. The van der Waals surface area contributed by atoms with Crippen molar-refractivity contribution in [3.8, 4) is 0 Å². The molecular formula is C12H19N3O2. The van der Waals surface area contributed by atoms with Crippen molar-refractivity contribution in [1.29, 1.82) is 0 Å². The van der Waals surface area contributed by atoms with E-state index < -0.39 is 0 Å². The molecular weight excluding hydrogens is 218 g/mol. The van der Waals surface area contributed by atoms with Gasteiger partial charge in [-0.05, 0) is 25.2 Å². The van der Waals surface area contributed by atoms with E-state index in [1.54, 1.807) is 0 Å². The van der Waals surface area contributed by atoms with Crippen molar-refractivity contribution in [3.63, 3.8) is 0 Å². The third kappa shape index (κ3) is 3.06. The van der Waals surface area contributed by atoms with Gasteiger partial charge in [0, 0.05) is 18.4 Å². The van der Waals surface area contributed by atoms with Crippen LogP contribution in [0.15, 0.2) is 6.07 Å². The van der Waals surface area contributed by atoms with Crippen LogP contribution < -0.4 is 5.32 Å². The number of anilines is 1. The Hall–Kier alpha value is -1.36. The standard InChI is InChI=1S/C12H19N3O2/c1-8(2)9-7-11(15-14-9)13-12(16)10-5-3-4-6-17-10/h7-8,10H,3-6H2,1-2H3,(H2,13,14,15,16). The Bertz CT molecular complexity index is 381. The molecule has 0 aromatic carbocycles. The minimum absolute atomic E-state index is 0.0912. The van der Waals surface area contributed by atoms with Gasteiger partial charge in [0.1, 0.15) is 6.10 Å². The number of aromatic nitrogens is 2. The summed E-state index contributed by atoms with van der Waals surface area (Å²) in [6, 6.07) is 1.87. The van der Waals surface area contributed by atoms with Crippen molar-refractivity contribution in [2.45, 2.75) is 45.1 Å². The molecule has 1 unspecified atom stereocenters. The Morgan fingerprint density at radius 2 is 2.41 bits per heavy atom. The first kappa shape index (κ1) is 12.1. The smallest absolute Gasteiger partial charge is 0.254 e. The van der Waals surface area contributed by atoms with Crippen LogP contribution in [-0.4, -0.2) is 28.8 Å². The van der Waals surface area contributed by atoms with E-state index in [1.807, 2.05) is 6.07 Å². The van der Waals surface area contributed by atoms with E-state index in [2.05, 4.69) is 29.4 Å². The van der Waals surface area contributed by atoms with Crippen LogP contribution in [0.1, 0.15) is 44.7 Å². The van der Waals surface area contributed by atoms with Crippen molar-refractivity contribution in [1.82, 2.24) is 10.2 Å². The highest BCUT2D eigenvalue weighted by molar-refractivity contribution is 5.93. The number of carbonyl (C=O) groups excluding carboxylic acids is 1. The summed E-state index contributed by atoms with van der Waals surface area (Å²) in [5.74, 6) is 0.860. The van der Waals surface area contributed by atoms with Gasteiger partial charge in [0.15, 0.2) is 5.82 Å². The molecule has 5 nitrogen and oxygen atoms in total. The molecule has 1 atom stereocenters. The normalized spacial score (nSPS) is 20.5. The molecule has 1 aromatic rings. The van der Waals surface area contributed by atoms with Gasteiger partial charge in [0.05, 0.1) is 0 Å². The Morgan fingerprint density at radius 1 is 1.59 bits per heavy atom. The predicted octanol–water partition coefficient (Wildman–Crippen LogP) is 2.04. The largest absolute Gasteiger partial charge is 0.368 e. The molecule has 17 heavy (non-hydrogen) atoms. The Morgan fingerprint density at radius 3 is 3.00 bits per heavy atom. The minimum Gasteiger partial charge on any atom is -0.368 e. The number of aromatic amines is 1. The van der Waals surface area contributed by atoms with Gasteiger partial charge in [-0.25, -0.2) is 0 Å². The van der Waals surface area contributed by atoms with Crippen molar-refractivity contribution in [3.05, 3.63) is 11.8 Å². The fraction of sp³-hybridized carbons (Fsp3) is 0.667. The third-order valence-corrected chi connectivity index (χ3v) is 2.94. The Balaban J connectivity index is 1.92. The van der Waals surface area contributed by atoms with Crippen LogP contribution >= 0.6 is 0 Å². The molecule has 2 rings (SSSR count). The number of rotatable bonds is 3. The molecule has 0 saturated carbocycles. The quantitative estimate of drug-likeness (QED) is 0.845. The second-order valence-electron chi connectivity index (χ2n) is 4.71. The first-order valence-electron chi connectivity index (χ1n) is 6.14. The van der Waals surface area contributed by atoms with Gasteiger partial charge in [0.2, 0.25) is 0 Å². The second kappa shape index (κ2) is 5.31. The van der Waals surface area contributed by atoms with Crippen LogP contribution in [-0.2, 0) is 9.53 Å². The van der Waals surface area contributed by atoms with E-state index in [4.69, 9.17) is 4.74 Å². The molecule has 1 aliphatic rings. The SMILES string of the molecule is CC(C)c1cc(NC(=O)C2CCCCO2)n[nH]1. The summed E-state index contributed by atoms with van der Waals surface area (Å²) in [6.45, 7) is 4.82. The summed E-state index contributed by atoms with van der Waals surface area (Å²) in [4.78, 5) is 11.9. The fourth-order valence-electron chi connectivity index (χ4n) is 1.85. The van der Waals surface area contributed by atoms with Crippen molar-refractivity contribution in [2.75, 3.05) is 11.9 Å². The molecule has 0 bridgehead atoms. The predicted molar refractivity (Wildman–Crippen MR) is 64.9 cm³/mol. The first-order chi connectivity index (χ1) is 8.16. The molecule has 0 aliphatic carbocycles. The summed E-state index contributed by atoms with van der Waals surface area (Å²) in [5.41, 5.74) is 1.02. The summed E-state index contributed by atoms with van der Waals surface area (Å²) in [7, 11) is 0. The van der Waals surface area contributed by atoms with Gasteiger partial charge in [0.25, 0.3) is 5.91 Å². The maximum Gasteiger partial charge on any atom is 0.254 e. The van der Waals surface area contributed by atoms with Crippen LogP contribution in [0.5, 0.6) is 0 Å². The number of carbonyl (C=O) groups is 1. The van der Waals surface area contributed by atoms with E-state index in [0.29, 0.717) is 18.3 Å². The van der Waals surface area contributed by atoms with E-state index in [-0.39, 0.29) is 12.0 Å². The van der Waals surface area contributed by atoms with Gasteiger partial charge >= 0.3 is 0 Å². The monoisotopic (exact) mass is 237 g/mol. The first-order valence-corrected chi connectivity index (χ1v) is 6.14. The van der Waals surface area contributed by atoms with Gasteiger partial charge in [-0.3, -0.25) is 9.89 Å². The van der Waals surface area contributed by atoms with Crippen LogP contribution in [0.3, 0.4) is 0 Å². The van der Waals surface area contributed by atoms with E-state index in [0.717, 1.165) is 25.0 Å². The van der Waals surface area contributed by atoms with Gasteiger partial charge in [-0.15, -0.1) is 0 Å². The number of nitrogens with zero attached hydrogens (tertiary/aromatic N) is 1.